The zero-order valence-corrected chi connectivity index (χ0v) is 10.6. The number of benzene rings is 1. The lowest BCUT2D eigenvalue weighted by atomic mass is 9.94. The molecule has 18 heavy (non-hydrogen) atoms. The Morgan fingerprint density at radius 1 is 1.44 bits per heavy atom. The Kier molecular flexibility index (Phi) is 3.67. The molecule has 0 aliphatic carbocycles. The summed E-state index contributed by atoms with van der Waals surface area (Å²) in [5, 5.41) is 8.71. The smallest absolute Gasteiger partial charge is 0.328 e. The first-order valence-electron chi connectivity index (χ1n) is 5.90. The van der Waals surface area contributed by atoms with Crippen LogP contribution < -0.4 is 4.74 Å². The van der Waals surface area contributed by atoms with E-state index in [0.717, 1.165) is 30.8 Å². The summed E-state index contributed by atoms with van der Waals surface area (Å²) in [5.74, 6) is -0.0330. The van der Waals surface area contributed by atoms with E-state index in [1.165, 1.54) is 17.2 Å². The molecule has 0 radical (unpaired) electrons. The lowest BCUT2D eigenvalue weighted by molar-refractivity contribution is -0.131. The molecule has 1 aromatic carbocycles. The fourth-order valence-corrected chi connectivity index (χ4v) is 2.31. The van der Waals surface area contributed by atoms with Crippen molar-refractivity contribution in [2.75, 3.05) is 20.7 Å². The standard InChI is InChI=1S/C14H17NO3/c1-15-8-7-11-12(9-15)10(4-6-14(16)17)3-5-13(11)18-2/h3-6H,7-9H2,1-2H3,(H,16,17)/b6-4-. The number of methoxy groups -OCH3 is 1. The summed E-state index contributed by atoms with van der Waals surface area (Å²) in [4.78, 5) is 12.8. The normalized spacial score (nSPS) is 15.7. The van der Waals surface area contributed by atoms with Crippen molar-refractivity contribution in [1.82, 2.24) is 4.90 Å². The molecule has 0 aromatic heterocycles. The third kappa shape index (κ3) is 2.54. The molecule has 1 aliphatic rings. The van der Waals surface area contributed by atoms with Crippen LogP contribution >= 0.6 is 0 Å². The topological polar surface area (TPSA) is 49.8 Å². The zero-order chi connectivity index (χ0) is 13.1. The maximum absolute atomic E-state index is 10.6. The molecular weight excluding hydrogens is 230 g/mol. The fourth-order valence-electron chi connectivity index (χ4n) is 2.31. The highest BCUT2D eigenvalue weighted by molar-refractivity contribution is 5.85. The molecule has 1 aliphatic heterocycles. The highest BCUT2D eigenvalue weighted by Crippen LogP contribution is 2.30. The summed E-state index contributed by atoms with van der Waals surface area (Å²) < 4.78 is 5.37. The van der Waals surface area contributed by atoms with Gasteiger partial charge >= 0.3 is 5.97 Å². The molecule has 0 saturated heterocycles. The summed E-state index contributed by atoms with van der Waals surface area (Å²) in [6, 6.07) is 3.82. The molecule has 4 nitrogen and oxygen atoms in total. The average Bonchev–Trinajstić information content (AvgIpc) is 2.35. The Balaban J connectivity index is 2.45. The van der Waals surface area contributed by atoms with Crippen LogP contribution in [0.4, 0.5) is 0 Å². The molecule has 96 valence electrons. The minimum atomic E-state index is -0.927. The maximum atomic E-state index is 10.6. The minimum absolute atomic E-state index is 0.825. The number of hydrogen-bond acceptors (Lipinski definition) is 3. The molecule has 1 N–H and O–H groups in total. The van der Waals surface area contributed by atoms with Crippen molar-refractivity contribution >= 4 is 12.0 Å². The number of hydrogen-bond donors (Lipinski definition) is 1. The second kappa shape index (κ2) is 5.23. The van der Waals surface area contributed by atoms with Crippen molar-refractivity contribution in [2.45, 2.75) is 13.0 Å². The van der Waals surface area contributed by atoms with Crippen LogP contribution in [0.1, 0.15) is 16.7 Å². The molecule has 2 rings (SSSR count). The van der Waals surface area contributed by atoms with Crippen LogP contribution in [0, 0.1) is 0 Å². The van der Waals surface area contributed by atoms with Gasteiger partial charge in [-0.3, -0.25) is 0 Å². The largest absolute Gasteiger partial charge is 0.496 e. The maximum Gasteiger partial charge on any atom is 0.328 e. The molecule has 0 bridgehead atoms. The molecule has 1 aromatic rings. The summed E-state index contributed by atoms with van der Waals surface area (Å²) in [6.45, 7) is 1.82. The predicted molar refractivity (Wildman–Crippen MR) is 69.7 cm³/mol. The molecule has 4 heteroatoms. The van der Waals surface area contributed by atoms with Crippen LogP contribution in [0.3, 0.4) is 0 Å². The van der Waals surface area contributed by atoms with Gasteiger partial charge < -0.3 is 14.7 Å². The summed E-state index contributed by atoms with van der Waals surface area (Å²) in [5.41, 5.74) is 3.32. The van der Waals surface area contributed by atoms with Crippen LogP contribution in [0.15, 0.2) is 18.2 Å². The molecular formula is C14H17NO3. The van der Waals surface area contributed by atoms with E-state index in [4.69, 9.17) is 9.84 Å². The Bertz CT molecular complexity index is 494. The van der Waals surface area contributed by atoms with Gasteiger partial charge in [0.05, 0.1) is 7.11 Å². The Hall–Kier alpha value is -1.81. The number of rotatable bonds is 3. The van der Waals surface area contributed by atoms with Gasteiger partial charge in [-0.15, -0.1) is 0 Å². The number of carbonyl (C=O) groups is 1. The van der Waals surface area contributed by atoms with Crippen molar-refractivity contribution in [3.63, 3.8) is 0 Å². The Morgan fingerprint density at radius 2 is 2.22 bits per heavy atom. The van der Waals surface area contributed by atoms with Gasteiger partial charge in [0.1, 0.15) is 5.75 Å². The SMILES string of the molecule is COc1ccc(/C=C\C(=O)O)c2c1CCN(C)C2. The minimum Gasteiger partial charge on any atom is -0.496 e. The van der Waals surface area contributed by atoms with E-state index in [1.807, 2.05) is 12.1 Å². The second-order valence-corrected chi connectivity index (χ2v) is 4.47. The number of ether oxygens (including phenoxy) is 1. The lowest BCUT2D eigenvalue weighted by Crippen LogP contribution is -2.27. The number of likely N-dealkylation sites (N-methyl/N-ethyl adjacent to an activating group) is 1. The van der Waals surface area contributed by atoms with E-state index in [1.54, 1.807) is 13.2 Å². The molecule has 0 atom stereocenters. The average molecular weight is 247 g/mol. The molecule has 0 amide bonds. The third-order valence-corrected chi connectivity index (χ3v) is 3.22. The van der Waals surface area contributed by atoms with Gasteiger partial charge in [0.15, 0.2) is 0 Å². The summed E-state index contributed by atoms with van der Waals surface area (Å²) in [6.07, 6.45) is 3.76. The van der Waals surface area contributed by atoms with Crippen LogP contribution in [-0.4, -0.2) is 36.7 Å². The van der Waals surface area contributed by atoms with Gasteiger partial charge in [0, 0.05) is 24.7 Å². The van der Waals surface area contributed by atoms with Crippen LogP contribution in [-0.2, 0) is 17.8 Å². The molecule has 0 spiro atoms. The summed E-state index contributed by atoms with van der Waals surface area (Å²) >= 11 is 0. The van der Waals surface area contributed by atoms with E-state index in [2.05, 4.69) is 11.9 Å². The number of fused-ring (bicyclic) bond motifs is 1. The highest BCUT2D eigenvalue weighted by atomic mass is 16.5. The van der Waals surface area contributed by atoms with E-state index >= 15 is 0 Å². The number of carboxylic acid groups (broad SMARTS) is 1. The van der Waals surface area contributed by atoms with Gasteiger partial charge in [-0.05, 0) is 36.7 Å². The van der Waals surface area contributed by atoms with E-state index in [-0.39, 0.29) is 0 Å². The van der Waals surface area contributed by atoms with Crippen molar-refractivity contribution in [2.24, 2.45) is 0 Å². The molecule has 0 unspecified atom stereocenters. The van der Waals surface area contributed by atoms with Crippen molar-refractivity contribution in [3.8, 4) is 5.75 Å². The zero-order valence-electron chi connectivity index (χ0n) is 10.6. The van der Waals surface area contributed by atoms with Crippen LogP contribution in [0.25, 0.3) is 6.08 Å². The van der Waals surface area contributed by atoms with Crippen molar-refractivity contribution < 1.29 is 14.6 Å². The van der Waals surface area contributed by atoms with Crippen molar-refractivity contribution in [3.05, 3.63) is 34.9 Å². The van der Waals surface area contributed by atoms with E-state index in [0.29, 0.717) is 0 Å². The van der Waals surface area contributed by atoms with E-state index < -0.39 is 5.97 Å². The van der Waals surface area contributed by atoms with Gasteiger partial charge in [0.25, 0.3) is 0 Å². The van der Waals surface area contributed by atoms with Gasteiger partial charge in [-0.2, -0.15) is 0 Å². The number of carboxylic acids is 1. The first-order valence-corrected chi connectivity index (χ1v) is 5.90. The number of nitrogens with zero attached hydrogens (tertiary/aromatic N) is 1. The van der Waals surface area contributed by atoms with E-state index in [9.17, 15) is 4.79 Å². The molecule has 1 heterocycles. The third-order valence-electron chi connectivity index (χ3n) is 3.22. The quantitative estimate of drug-likeness (QED) is 0.827. The van der Waals surface area contributed by atoms with Crippen molar-refractivity contribution in [1.29, 1.82) is 0 Å². The molecule has 0 saturated carbocycles. The monoisotopic (exact) mass is 247 g/mol. The van der Waals surface area contributed by atoms with Gasteiger partial charge in [-0.1, -0.05) is 6.07 Å². The van der Waals surface area contributed by atoms with Crippen LogP contribution in [0.2, 0.25) is 0 Å². The lowest BCUT2D eigenvalue weighted by Gasteiger charge is -2.27. The first-order chi connectivity index (χ1) is 8.61. The van der Waals surface area contributed by atoms with Gasteiger partial charge in [-0.25, -0.2) is 4.79 Å². The number of aliphatic carboxylic acids is 1. The Labute approximate surface area is 106 Å². The van der Waals surface area contributed by atoms with Gasteiger partial charge in [0.2, 0.25) is 0 Å². The predicted octanol–water partition coefficient (Wildman–Crippen LogP) is 1.78. The second-order valence-electron chi connectivity index (χ2n) is 4.47. The van der Waals surface area contributed by atoms with Crippen LogP contribution in [0.5, 0.6) is 5.75 Å². The Morgan fingerprint density at radius 3 is 2.89 bits per heavy atom. The highest BCUT2D eigenvalue weighted by Gasteiger charge is 2.19. The summed E-state index contributed by atoms with van der Waals surface area (Å²) in [7, 11) is 3.73. The first kappa shape index (κ1) is 12.6. The fraction of sp³-hybridized carbons (Fsp3) is 0.357. The molecule has 0 fully saturated rings.